The van der Waals surface area contributed by atoms with Crippen molar-refractivity contribution >= 4 is 51.6 Å². The Balaban J connectivity index is 1.80. The van der Waals surface area contributed by atoms with Gasteiger partial charge in [0.2, 0.25) is 0 Å². The number of thioether (sulfide) groups is 1. The third-order valence-electron chi connectivity index (χ3n) is 3.52. The van der Waals surface area contributed by atoms with Crippen LogP contribution in [-0.4, -0.2) is 23.2 Å². The summed E-state index contributed by atoms with van der Waals surface area (Å²) in [6, 6.07) is 15.2. The van der Waals surface area contributed by atoms with Gasteiger partial charge >= 0.3 is 0 Å². The molecular weight excluding hydrogens is 437 g/mol. The normalized spacial score (nSPS) is 16.1. The van der Waals surface area contributed by atoms with E-state index in [1.807, 2.05) is 48.5 Å². The molecule has 0 spiro atoms. The Bertz CT molecular complexity index is 817. The van der Waals surface area contributed by atoms with Gasteiger partial charge in [-0.1, -0.05) is 24.3 Å². The lowest BCUT2D eigenvalue weighted by Gasteiger charge is -2.12. The van der Waals surface area contributed by atoms with E-state index in [2.05, 4.69) is 22.6 Å². The van der Waals surface area contributed by atoms with Gasteiger partial charge < -0.3 is 4.74 Å². The first-order valence-corrected chi connectivity index (χ1v) is 9.10. The van der Waals surface area contributed by atoms with E-state index in [0.717, 1.165) is 26.5 Å². The van der Waals surface area contributed by atoms with Crippen LogP contribution in [0.5, 0.6) is 5.75 Å². The minimum absolute atomic E-state index is 0.243. The van der Waals surface area contributed by atoms with Crippen LogP contribution in [-0.2, 0) is 11.3 Å². The summed E-state index contributed by atoms with van der Waals surface area (Å²) in [6.07, 6.45) is 1.72. The fourth-order valence-corrected chi connectivity index (χ4v) is 3.49. The predicted octanol–water partition coefficient (Wildman–Crippen LogP) is 4.54. The molecule has 122 valence electrons. The maximum Gasteiger partial charge on any atom is 0.293 e. The zero-order valence-electron chi connectivity index (χ0n) is 12.9. The van der Waals surface area contributed by atoms with Crippen LogP contribution in [0.4, 0.5) is 4.79 Å². The first-order chi connectivity index (χ1) is 11.6. The highest BCUT2D eigenvalue weighted by Gasteiger charge is 2.34. The highest BCUT2D eigenvalue weighted by Crippen LogP contribution is 2.33. The number of hydrogen-bond acceptors (Lipinski definition) is 4. The van der Waals surface area contributed by atoms with Crippen molar-refractivity contribution in [1.29, 1.82) is 0 Å². The number of carbonyl (C=O) groups excluding carboxylic acids is 2. The Morgan fingerprint density at radius 1 is 1.17 bits per heavy atom. The second kappa shape index (κ2) is 7.40. The summed E-state index contributed by atoms with van der Waals surface area (Å²) >= 11 is 3.19. The summed E-state index contributed by atoms with van der Waals surface area (Å²) in [6.45, 7) is 0.289. The first kappa shape index (κ1) is 17.0. The van der Waals surface area contributed by atoms with Crippen molar-refractivity contribution in [3.8, 4) is 5.75 Å². The molecule has 2 aromatic carbocycles. The molecule has 2 aromatic rings. The van der Waals surface area contributed by atoms with E-state index in [9.17, 15) is 9.59 Å². The molecule has 1 heterocycles. The Kier molecular flexibility index (Phi) is 5.25. The molecule has 0 aromatic heterocycles. The number of imide groups is 1. The van der Waals surface area contributed by atoms with Gasteiger partial charge in [0.05, 0.1) is 18.6 Å². The zero-order valence-corrected chi connectivity index (χ0v) is 15.8. The fourth-order valence-electron chi connectivity index (χ4n) is 2.29. The first-order valence-electron chi connectivity index (χ1n) is 7.20. The molecule has 0 atom stereocenters. The Hall–Kier alpha value is -1.80. The number of ether oxygens (including phenoxy) is 1. The van der Waals surface area contributed by atoms with Gasteiger partial charge in [-0.2, -0.15) is 0 Å². The smallest absolute Gasteiger partial charge is 0.293 e. The Morgan fingerprint density at radius 2 is 1.92 bits per heavy atom. The molecule has 0 N–H and O–H groups in total. The van der Waals surface area contributed by atoms with Crippen LogP contribution in [0.3, 0.4) is 0 Å². The molecule has 1 saturated heterocycles. The summed E-state index contributed by atoms with van der Waals surface area (Å²) < 4.78 is 6.29. The second-order valence-electron chi connectivity index (χ2n) is 5.17. The molecule has 24 heavy (non-hydrogen) atoms. The number of rotatable bonds is 4. The summed E-state index contributed by atoms with van der Waals surface area (Å²) in [7, 11) is 1.59. The van der Waals surface area contributed by atoms with Gasteiger partial charge in [-0.3, -0.25) is 14.5 Å². The molecule has 3 rings (SSSR count). The van der Waals surface area contributed by atoms with Crippen molar-refractivity contribution in [3.63, 3.8) is 0 Å². The summed E-state index contributed by atoms with van der Waals surface area (Å²) in [5.74, 6) is 0.452. The Labute approximate surface area is 158 Å². The summed E-state index contributed by atoms with van der Waals surface area (Å²) in [5, 5.41) is -0.243. The summed E-state index contributed by atoms with van der Waals surface area (Å²) in [4.78, 5) is 26.4. The number of benzene rings is 2. The van der Waals surface area contributed by atoms with Crippen LogP contribution in [0.2, 0.25) is 0 Å². The molecule has 0 saturated carbocycles. The number of halogens is 1. The SMILES string of the molecule is COc1cccc(/C=C2\SC(=O)N(Cc3ccc(I)cc3)C2=O)c1. The molecule has 6 heteroatoms. The average molecular weight is 451 g/mol. The standard InChI is InChI=1S/C18H14INO3S/c1-23-15-4-2-3-13(9-15)10-16-17(21)20(18(22)24-16)11-12-5-7-14(19)8-6-12/h2-10H,11H2,1H3/b16-10-. The van der Waals surface area contributed by atoms with Crippen LogP contribution < -0.4 is 4.74 Å². The van der Waals surface area contributed by atoms with Crippen molar-refractivity contribution in [2.75, 3.05) is 7.11 Å². The average Bonchev–Trinajstić information content (AvgIpc) is 2.84. The van der Waals surface area contributed by atoms with E-state index >= 15 is 0 Å². The molecule has 1 fully saturated rings. The maximum absolute atomic E-state index is 12.5. The van der Waals surface area contributed by atoms with Gasteiger partial charge in [0, 0.05) is 3.57 Å². The quantitative estimate of drug-likeness (QED) is 0.506. The summed E-state index contributed by atoms with van der Waals surface area (Å²) in [5.41, 5.74) is 1.76. The monoisotopic (exact) mass is 451 g/mol. The van der Waals surface area contributed by atoms with Gasteiger partial charge in [-0.05, 0) is 75.8 Å². The van der Waals surface area contributed by atoms with E-state index in [-0.39, 0.29) is 17.7 Å². The zero-order chi connectivity index (χ0) is 17.1. The number of amides is 2. The van der Waals surface area contributed by atoms with E-state index in [1.165, 1.54) is 4.90 Å². The number of nitrogens with zero attached hydrogens (tertiary/aromatic N) is 1. The lowest BCUT2D eigenvalue weighted by Crippen LogP contribution is -2.27. The van der Waals surface area contributed by atoms with E-state index in [0.29, 0.717) is 10.7 Å². The molecular formula is C18H14INO3S. The molecule has 2 amide bonds. The van der Waals surface area contributed by atoms with Crippen molar-refractivity contribution in [2.24, 2.45) is 0 Å². The molecule has 1 aliphatic heterocycles. The minimum Gasteiger partial charge on any atom is -0.497 e. The predicted molar refractivity (Wildman–Crippen MR) is 104 cm³/mol. The van der Waals surface area contributed by atoms with Crippen molar-refractivity contribution in [3.05, 3.63) is 68.1 Å². The Morgan fingerprint density at radius 3 is 2.62 bits per heavy atom. The van der Waals surface area contributed by atoms with Crippen LogP contribution in [0.15, 0.2) is 53.4 Å². The molecule has 1 aliphatic rings. The van der Waals surface area contributed by atoms with Crippen molar-refractivity contribution in [1.82, 2.24) is 4.90 Å². The van der Waals surface area contributed by atoms with Crippen molar-refractivity contribution in [2.45, 2.75) is 6.54 Å². The maximum atomic E-state index is 12.5. The van der Waals surface area contributed by atoms with Gasteiger partial charge in [-0.25, -0.2) is 0 Å². The topological polar surface area (TPSA) is 46.6 Å². The van der Waals surface area contributed by atoms with Crippen LogP contribution in [0.25, 0.3) is 6.08 Å². The van der Waals surface area contributed by atoms with Gasteiger partial charge in [-0.15, -0.1) is 0 Å². The largest absolute Gasteiger partial charge is 0.497 e. The number of carbonyl (C=O) groups is 2. The third-order valence-corrected chi connectivity index (χ3v) is 5.15. The molecule has 4 nitrogen and oxygen atoms in total. The lowest BCUT2D eigenvalue weighted by molar-refractivity contribution is -0.123. The highest BCUT2D eigenvalue weighted by molar-refractivity contribution is 14.1. The number of methoxy groups -OCH3 is 1. The molecule has 0 unspecified atom stereocenters. The highest BCUT2D eigenvalue weighted by atomic mass is 127. The third kappa shape index (κ3) is 3.81. The minimum atomic E-state index is -0.258. The molecule has 0 bridgehead atoms. The number of hydrogen-bond donors (Lipinski definition) is 0. The molecule has 0 aliphatic carbocycles. The van der Waals surface area contributed by atoms with Gasteiger partial charge in [0.1, 0.15) is 5.75 Å². The van der Waals surface area contributed by atoms with Gasteiger partial charge in [0.15, 0.2) is 0 Å². The van der Waals surface area contributed by atoms with E-state index in [1.54, 1.807) is 13.2 Å². The van der Waals surface area contributed by atoms with Gasteiger partial charge in [0.25, 0.3) is 11.1 Å². The van der Waals surface area contributed by atoms with Crippen LogP contribution >= 0.6 is 34.4 Å². The molecule has 0 radical (unpaired) electrons. The van der Waals surface area contributed by atoms with Crippen LogP contribution in [0, 0.1) is 3.57 Å². The van der Waals surface area contributed by atoms with Crippen molar-refractivity contribution < 1.29 is 14.3 Å². The van der Waals surface area contributed by atoms with Crippen LogP contribution in [0.1, 0.15) is 11.1 Å². The van der Waals surface area contributed by atoms with E-state index in [4.69, 9.17) is 4.74 Å². The second-order valence-corrected chi connectivity index (χ2v) is 7.41. The van der Waals surface area contributed by atoms with E-state index < -0.39 is 0 Å². The fraction of sp³-hybridized carbons (Fsp3) is 0.111. The lowest BCUT2D eigenvalue weighted by atomic mass is 10.2.